The molecule has 1 heterocycles. The van der Waals surface area contributed by atoms with Crippen LogP contribution in [0.1, 0.15) is 5.69 Å². The zero-order chi connectivity index (χ0) is 11.4. The molecule has 0 unspecified atom stereocenters. The minimum absolute atomic E-state index is 0.228. The number of nitrogens with two attached hydrogens (primary N) is 1. The lowest BCUT2D eigenvalue weighted by molar-refractivity contribution is 0.477. The number of nitrogen functional groups attached to an aromatic ring is 1. The number of phenols is 1. The van der Waals surface area contributed by atoms with Gasteiger partial charge in [-0.15, -0.1) is 0 Å². The van der Waals surface area contributed by atoms with Gasteiger partial charge in [0.05, 0.1) is 17.9 Å². The largest absolute Gasteiger partial charge is 0.506 e. The number of phenolic OH excluding ortho intramolecular Hbond substituents is 1. The summed E-state index contributed by atoms with van der Waals surface area (Å²) in [6.07, 6.45) is 0. The van der Waals surface area contributed by atoms with Crippen LogP contribution in [0.3, 0.4) is 0 Å². The number of hydrogen-bond donors (Lipinski definition) is 3. The third-order valence-electron chi connectivity index (χ3n) is 2.19. The fourth-order valence-electron chi connectivity index (χ4n) is 1.41. The van der Waals surface area contributed by atoms with Gasteiger partial charge in [0.15, 0.2) is 0 Å². The molecule has 0 saturated carbocycles. The molecule has 1 aromatic heterocycles. The maximum Gasteiger partial charge on any atom is 0.138 e. The van der Waals surface area contributed by atoms with Gasteiger partial charge in [0, 0.05) is 0 Å². The minimum Gasteiger partial charge on any atom is -0.506 e. The van der Waals surface area contributed by atoms with Gasteiger partial charge in [-0.25, -0.2) is 4.98 Å². The Hall–Kier alpha value is -2.23. The normalized spacial score (nSPS) is 10.0. The number of benzene rings is 1. The lowest BCUT2D eigenvalue weighted by atomic mass is 10.3. The minimum atomic E-state index is 0.228. The highest BCUT2D eigenvalue weighted by atomic mass is 16.3. The van der Waals surface area contributed by atoms with Gasteiger partial charge < -0.3 is 16.2 Å². The number of nitrogens with one attached hydrogen (secondary N) is 1. The van der Waals surface area contributed by atoms with Crippen LogP contribution in [-0.4, -0.2) is 10.1 Å². The van der Waals surface area contributed by atoms with Gasteiger partial charge in [0.25, 0.3) is 0 Å². The number of rotatable bonds is 3. The van der Waals surface area contributed by atoms with E-state index >= 15 is 0 Å². The Bertz CT molecular complexity index is 485. The first-order chi connectivity index (χ1) is 7.75. The summed E-state index contributed by atoms with van der Waals surface area (Å²) in [4.78, 5) is 4.15. The van der Waals surface area contributed by atoms with Crippen LogP contribution in [0.2, 0.25) is 0 Å². The van der Waals surface area contributed by atoms with Crippen molar-refractivity contribution in [1.82, 2.24) is 4.98 Å². The highest BCUT2D eigenvalue weighted by Crippen LogP contribution is 2.21. The summed E-state index contributed by atoms with van der Waals surface area (Å²) in [7, 11) is 0. The van der Waals surface area contributed by atoms with Crippen LogP contribution in [0.5, 0.6) is 5.75 Å². The van der Waals surface area contributed by atoms with E-state index in [-0.39, 0.29) is 5.75 Å². The van der Waals surface area contributed by atoms with E-state index in [1.54, 1.807) is 18.2 Å². The molecule has 0 radical (unpaired) electrons. The number of para-hydroxylation sites is 2. The molecule has 0 bridgehead atoms. The molecule has 0 aliphatic heterocycles. The molecule has 0 fully saturated rings. The second-order valence-corrected chi connectivity index (χ2v) is 3.42. The number of hydrogen-bond acceptors (Lipinski definition) is 4. The smallest absolute Gasteiger partial charge is 0.138 e. The predicted molar refractivity (Wildman–Crippen MR) is 64.1 cm³/mol. The molecule has 4 heteroatoms. The quantitative estimate of drug-likeness (QED) is 0.685. The van der Waals surface area contributed by atoms with Crippen LogP contribution in [0.15, 0.2) is 42.5 Å². The maximum absolute atomic E-state index is 9.54. The van der Waals surface area contributed by atoms with Crippen molar-refractivity contribution < 1.29 is 5.11 Å². The Balaban J connectivity index is 2.05. The summed E-state index contributed by atoms with van der Waals surface area (Å²) in [5, 5.41) is 12.6. The predicted octanol–water partition coefficient (Wildman–Crippen LogP) is 1.98. The molecule has 0 aliphatic rings. The van der Waals surface area contributed by atoms with E-state index in [4.69, 9.17) is 5.73 Å². The first-order valence-corrected chi connectivity index (χ1v) is 4.99. The van der Waals surface area contributed by atoms with Crippen LogP contribution < -0.4 is 11.1 Å². The van der Waals surface area contributed by atoms with Crippen molar-refractivity contribution in [3.05, 3.63) is 48.2 Å². The van der Waals surface area contributed by atoms with E-state index in [0.29, 0.717) is 18.1 Å². The molecule has 2 aromatic rings. The molecule has 0 amide bonds. The Morgan fingerprint density at radius 2 is 1.94 bits per heavy atom. The summed E-state index contributed by atoms with van der Waals surface area (Å²) in [5.74, 6) is 0.725. The summed E-state index contributed by atoms with van der Waals surface area (Å²) in [5.41, 5.74) is 7.09. The van der Waals surface area contributed by atoms with E-state index in [1.807, 2.05) is 24.3 Å². The average Bonchev–Trinajstić information content (AvgIpc) is 2.28. The SMILES string of the molecule is Nc1cccc(CNc2ccccc2O)n1. The molecule has 4 nitrogen and oxygen atoms in total. The molecule has 1 aromatic carbocycles. The summed E-state index contributed by atoms with van der Waals surface area (Å²) in [6.45, 7) is 0.530. The standard InChI is InChI=1S/C12H13N3O/c13-12-7-3-4-9(15-12)8-14-10-5-1-2-6-11(10)16/h1-7,14,16H,8H2,(H2,13,15). The van der Waals surface area contributed by atoms with Gasteiger partial charge in [-0.05, 0) is 24.3 Å². The van der Waals surface area contributed by atoms with Gasteiger partial charge in [-0.1, -0.05) is 18.2 Å². The second kappa shape index (κ2) is 4.53. The summed E-state index contributed by atoms with van der Waals surface area (Å²) in [6, 6.07) is 12.5. The highest BCUT2D eigenvalue weighted by Gasteiger charge is 1.99. The van der Waals surface area contributed by atoms with E-state index in [1.165, 1.54) is 0 Å². The van der Waals surface area contributed by atoms with Crippen molar-refractivity contribution >= 4 is 11.5 Å². The third-order valence-corrected chi connectivity index (χ3v) is 2.19. The van der Waals surface area contributed by atoms with E-state index in [0.717, 1.165) is 5.69 Å². The lowest BCUT2D eigenvalue weighted by Gasteiger charge is -2.07. The number of nitrogens with zero attached hydrogens (tertiary/aromatic N) is 1. The molecular weight excluding hydrogens is 202 g/mol. The summed E-state index contributed by atoms with van der Waals surface area (Å²) < 4.78 is 0. The number of aromatic hydroxyl groups is 1. The van der Waals surface area contributed by atoms with Crippen molar-refractivity contribution in [2.24, 2.45) is 0 Å². The van der Waals surface area contributed by atoms with Crippen molar-refractivity contribution in [2.45, 2.75) is 6.54 Å². The van der Waals surface area contributed by atoms with Crippen molar-refractivity contribution in [3.8, 4) is 5.75 Å². The maximum atomic E-state index is 9.54. The third kappa shape index (κ3) is 2.42. The Labute approximate surface area is 93.8 Å². The van der Waals surface area contributed by atoms with Crippen LogP contribution >= 0.6 is 0 Å². The van der Waals surface area contributed by atoms with E-state index in [9.17, 15) is 5.11 Å². The first kappa shape index (κ1) is 10.3. The fraction of sp³-hybridized carbons (Fsp3) is 0.0833. The van der Waals surface area contributed by atoms with Crippen LogP contribution in [0, 0.1) is 0 Å². The number of anilines is 2. The average molecular weight is 215 g/mol. The van der Waals surface area contributed by atoms with Gasteiger partial charge in [0.2, 0.25) is 0 Å². The number of aromatic nitrogens is 1. The molecule has 0 spiro atoms. The van der Waals surface area contributed by atoms with Crippen LogP contribution in [0.25, 0.3) is 0 Å². The van der Waals surface area contributed by atoms with Gasteiger partial charge >= 0.3 is 0 Å². The Morgan fingerprint density at radius 1 is 1.12 bits per heavy atom. The Kier molecular flexibility index (Phi) is 2.91. The van der Waals surface area contributed by atoms with Gasteiger partial charge in [-0.2, -0.15) is 0 Å². The van der Waals surface area contributed by atoms with Crippen molar-refractivity contribution in [1.29, 1.82) is 0 Å². The lowest BCUT2D eigenvalue weighted by Crippen LogP contribution is -2.03. The highest BCUT2D eigenvalue weighted by molar-refractivity contribution is 5.55. The van der Waals surface area contributed by atoms with Crippen molar-refractivity contribution in [2.75, 3.05) is 11.1 Å². The van der Waals surface area contributed by atoms with Crippen LogP contribution in [-0.2, 0) is 6.54 Å². The summed E-state index contributed by atoms with van der Waals surface area (Å²) >= 11 is 0. The first-order valence-electron chi connectivity index (χ1n) is 4.99. The topological polar surface area (TPSA) is 71.2 Å². The van der Waals surface area contributed by atoms with E-state index in [2.05, 4.69) is 10.3 Å². The van der Waals surface area contributed by atoms with Crippen LogP contribution in [0.4, 0.5) is 11.5 Å². The molecule has 4 N–H and O–H groups in total. The monoisotopic (exact) mass is 215 g/mol. The molecule has 0 aliphatic carbocycles. The molecule has 0 saturated heterocycles. The fourth-order valence-corrected chi connectivity index (χ4v) is 1.41. The molecule has 2 rings (SSSR count). The number of pyridine rings is 1. The zero-order valence-corrected chi connectivity index (χ0v) is 8.72. The van der Waals surface area contributed by atoms with Gasteiger partial charge in [-0.3, -0.25) is 0 Å². The second-order valence-electron chi connectivity index (χ2n) is 3.42. The zero-order valence-electron chi connectivity index (χ0n) is 8.72. The molecule has 82 valence electrons. The molecule has 16 heavy (non-hydrogen) atoms. The molecule has 0 atom stereocenters. The molecular formula is C12H13N3O. The Morgan fingerprint density at radius 3 is 2.69 bits per heavy atom. The van der Waals surface area contributed by atoms with Gasteiger partial charge in [0.1, 0.15) is 11.6 Å². The van der Waals surface area contributed by atoms with Crippen molar-refractivity contribution in [3.63, 3.8) is 0 Å². The van der Waals surface area contributed by atoms with E-state index < -0.39 is 0 Å².